The van der Waals surface area contributed by atoms with Gasteiger partial charge in [-0.2, -0.15) is 0 Å². The van der Waals surface area contributed by atoms with E-state index in [0.29, 0.717) is 17.2 Å². The quantitative estimate of drug-likeness (QED) is 0.429. The molecule has 0 aromatic heterocycles. The van der Waals surface area contributed by atoms with Crippen LogP contribution in [0.1, 0.15) is 18.4 Å². The first kappa shape index (κ1) is 22.0. The van der Waals surface area contributed by atoms with Crippen LogP contribution in [-0.4, -0.2) is 87.5 Å². The third kappa shape index (κ3) is 4.73. The maximum Gasteiger partial charge on any atom is 0.311 e. The van der Waals surface area contributed by atoms with E-state index in [4.69, 9.17) is 10.5 Å². The summed E-state index contributed by atoms with van der Waals surface area (Å²) >= 11 is 0. The third-order valence-corrected chi connectivity index (χ3v) is 6.11. The zero-order valence-electron chi connectivity index (χ0n) is 18.1. The molecule has 2 aliphatic rings. The maximum absolute atomic E-state index is 11.5. The molecule has 2 N–H and O–H groups in total. The summed E-state index contributed by atoms with van der Waals surface area (Å²) in [6.45, 7) is 5.93. The molecule has 0 aliphatic carbocycles. The molecule has 3 rings (SSSR count). The number of piperazine rings is 1. The number of nitro benzene ring substituents is 1. The number of hydrogen-bond donors (Lipinski definition) is 1. The standard InChI is InChI=1S/C21H32N6O3/c1-23-15-16(14-22)18-12-20(27(28)29)21(30-3)13-19(18)26-10-8-25(9-11-26)17-4-6-24(2)7-5-17/h12-15,17H,4-11,22H2,1-3H3. The molecule has 164 valence electrons. The Labute approximate surface area is 177 Å². The Morgan fingerprint density at radius 1 is 1.23 bits per heavy atom. The van der Waals surface area contributed by atoms with E-state index in [0.717, 1.165) is 45.0 Å². The van der Waals surface area contributed by atoms with Crippen LogP contribution in [-0.2, 0) is 0 Å². The minimum atomic E-state index is -0.429. The van der Waals surface area contributed by atoms with Gasteiger partial charge in [-0.3, -0.25) is 20.0 Å². The van der Waals surface area contributed by atoms with Crippen molar-refractivity contribution in [2.45, 2.75) is 18.9 Å². The smallest absolute Gasteiger partial charge is 0.311 e. The number of nitrogens with zero attached hydrogens (tertiary/aromatic N) is 5. The van der Waals surface area contributed by atoms with Crippen LogP contribution in [0, 0.1) is 10.1 Å². The average Bonchev–Trinajstić information content (AvgIpc) is 2.77. The molecular weight excluding hydrogens is 384 g/mol. The van der Waals surface area contributed by atoms with Crippen molar-refractivity contribution in [3.8, 4) is 5.75 Å². The fourth-order valence-corrected chi connectivity index (χ4v) is 4.39. The minimum Gasteiger partial charge on any atom is -0.490 e. The van der Waals surface area contributed by atoms with Gasteiger partial charge in [0.1, 0.15) is 0 Å². The fraction of sp³-hybridized carbons (Fsp3) is 0.571. The van der Waals surface area contributed by atoms with Gasteiger partial charge in [-0.15, -0.1) is 0 Å². The Bertz CT molecular complexity index is 809. The van der Waals surface area contributed by atoms with Gasteiger partial charge in [-0.1, -0.05) is 0 Å². The SMILES string of the molecule is CN=CC(=CN)c1cc([N+](=O)[O-])c(OC)cc1N1CCN(C2CCN(C)CC2)CC1. The number of methoxy groups -OCH3 is 1. The summed E-state index contributed by atoms with van der Waals surface area (Å²) in [5, 5.41) is 11.5. The Hall–Kier alpha value is -2.65. The number of aliphatic imine (C=N–C) groups is 1. The van der Waals surface area contributed by atoms with Gasteiger partial charge in [-0.05, 0) is 33.0 Å². The summed E-state index contributed by atoms with van der Waals surface area (Å²) in [4.78, 5) is 22.4. The molecule has 2 fully saturated rings. The lowest BCUT2D eigenvalue weighted by Gasteiger charge is -2.43. The lowest BCUT2D eigenvalue weighted by molar-refractivity contribution is -0.385. The molecule has 0 saturated carbocycles. The molecule has 0 unspecified atom stereocenters. The van der Waals surface area contributed by atoms with Crippen molar-refractivity contribution in [2.24, 2.45) is 10.7 Å². The largest absolute Gasteiger partial charge is 0.490 e. The summed E-state index contributed by atoms with van der Waals surface area (Å²) in [6.07, 6.45) is 5.49. The first-order chi connectivity index (χ1) is 14.5. The lowest BCUT2D eigenvalue weighted by Crippen LogP contribution is -2.53. The van der Waals surface area contributed by atoms with E-state index < -0.39 is 4.92 Å². The molecule has 9 heteroatoms. The molecule has 30 heavy (non-hydrogen) atoms. The number of rotatable bonds is 6. The van der Waals surface area contributed by atoms with E-state index in [-0.39, 0.29) is 11.4 Å². The van der Waals surface area contributed by atoms with Crippen molar-refractivity contribution >= 4 is 23.2 Å². The van der Waals surface area contributed by atoms with E-state index in [1.54, 1.807) is 19.3 Å². The first-order valence-corrected chi connectivity index (χ1v) is 10.4. The van der Waals surface area contributed by atoms with E-state index in [1.807, 2.05) is 0 Å². The van der Waals surface area contributed by atoms with E-state index in [9.17, 15) is 10.1 Å². The van der Waals surface area contributed by atoms with Crippen molar-refractivity contribution in [2.75, 3.05) is 65.4 Å². The van der Waals surface area contributed by atoms with E-state index in [1.165, 1.54) is 32.2 Å². The molecule has 0 atom stereocenters. The summed E-state index contributed by atoms with van der Waals surface area (Å²) in [5.41, 5.74) is 7.99. The van der Waals surface area contributed by atoms with Crippen LogP contribution in [0.2, 0.25) is 0 Å². The average molecular weight is 417 g/mol. The van der Waals surface area contributed by atoms with Crippen LogP contribution in [0.15, 0.2) is 23.3 Å². The van der Waals surface area contributed by atoms with Gasteiger partial charge in [0.15, 0.2) is 5.75 Å². The highest BCUT2D eigenvalue weighted by Gasteiger charge is 2.29. The Kier molecular flexibility index (Phi) is 7.28. The summed E-state index contributed by atoms with van der Waals surface area (Å²) in [5.74, 6) is 0.251. The summed E-state index contributed by atoms with van der Waals surface area (Å²) < 4.78 is 5.33. The molecule has 9 nitrogen and oxygen atoms in total. The Morgan fingerprint density at radius 3 is 2.43 bits per heavy atom. The summed E-state index contributed by atoms with van der Waals surface area (Å²) in [6, 6.07) is 3.93. The number of hydrogen-bond acceptors (Lipinski definition) is 8. The monoisotopic (exact) mass is 416 g/mol. The highest BCUT2D eigenvalue weighted by molar-refractivity contribution is 6.12. The highest BCUT2D eigenvalue weighted by atomic mass is 16.6. The van der Waals surface area contributed by atoms with Gasteiger partial charge in [-0.25, -0.2) is 0 Å². The molecule has 0 bridgehead atoms. The topological polar surface area (TPSA) is 100 Å². The zero-order chi connectivity index (χ0) is 21.7. The number of likely N-dealkylation sites (tertiary alicyclic amines) is 1. The number of nitrogens with two attached hydrogens (primary N) is 1. The van der Waals surface area contributed by atoms with Gasteiger partial charge < -0.3 is 20.3 Å². The summed E-state index contributed by atoms with van der Waals surface area (Å²) in [7, 11) is 5.29. The molecule has 0 spiro atoms. The van der Waals surface area contributed by atoms with Gasteiger partial charge in [0.2, 0.25) is 0 Å². The second kappa shape index (κ2) is 9.90. The first-order valence-electron chi connectivity index (χ1n) is 10.4. The molecule has 1 aromatic carbocycles. The lowest BCUT2D eigenvalue weighted by atomic mass is 10.0. The second-order valence-electron chi connectivity index (χ2n) is 7.87. The predicted octanol–water partition coefficient (Wildman–Crippen LogP) is 1.82. The number of benzene rings is 1. The number of ether oxygens (including phenoxy) is 1. The van der Waals surface area contributed by atoms with Crippen molar-refractivity contribution in [3.05, 3.63) is 34.0 Å². The van der Waals surface area contributed by atoms with Crippen LogP contribution in [0.5, 0.6) is 5.75 Å². The van der Waals surface area contributed by atoms with E-state index >= 15 is 0 Å². The normalized spacial score (nSPS) is 20.1. The minimum absolute atomic E-state index is 0.0786. The molecular formula is C21H32N6O3. The van der Waals surface area contributed by atoms with Crippen LogP contribution >= 0.6 is 0 Å². The number of piperidine rings is 1. The molecule has 2 saturated heterocycles. The number of nitro groups is 1. The Morgan fingerprint density at radius 2 is 1.90 bits per heavy atom. The Balaban J connectivity index is 1.86. The van der Waals surface area contributed by atoms with Gasteiger partial charge >= 0.3 is 5.69 Å². The third-order valence-electron chi connectivity index (χ3n) is 6.11. The fourth-order valence-electron chi connectivity index (χ4n) is 4.39. The molecule has 0 amide bonds. The molecule has 2 aliphatic heterocycles. The van der Waals surface area contributed by atoms with Crippen molar-refractivity contribution in [3.63, 3.8) is 0 Å². The molecule has 1 aromatic rings. The predicted molar refractivity (Wildman–Crippen MR) is 121 cm³/mol. The number of anilines is 1. The van der Waals surface area contributed by atoms with Gasteiger partial charge in [0, 0.05) is 80.6 Å². The highest BCUT2D eigenvalue weighted by Crippen LogP contribution is 2.38. The maximum atomic E-state index is 11.5. The zero-order valence-corrected chi connectivity index (χ0v) is 18.1. The number of allylic oxidation sites excluding steroid dienone is 1. The van der Waals surface area contributed by atoms with Crippen molar-refractivity contribution in [1.82, 2.24) is 9.80 Å². The van der Waals surface area contributed by atoms with Crippen molar-refractivity contribution < 1.29 is 9.66 Å². The van der Waals surface area contributed by atoms with Crippen LogP contribution in [0.3, 0.4) is 0 Å². The van der Waals surface area contributed by atoms with Crippen molar-refractivity contribution in [1.29, 1.82) is 0 Å². The van der Waals surface area contributed by atoms with Crippen LogP contribution in [0.25, 0.3) is 5.57 Å². The second-order valence-corrected chi connectivity index (χ2v) is 7.87. The molecule has 2 heterocycles. The van der Waals surface area contributed by atoms with Gasteiger partial charge in [0.05, 0.1) is 12.0 Å². The van der Waals surface area contributed by atoms with E-state index in [2.05, 4.69) is 26.7 Å². The van der Waals surface area contributed by atoms with Gasteiger partial charge in [0.25, 0.3) is 0 Å². The van der Waals surface area contributed by atoms with Crippen LogP contribution in [0.4, 0.5) is 11.4 Å². The van der Waals surface area contributed by atoms with Crippen LogP contribution < -0.4 is 15.4 Å². The molecule has 0 radical (unpaired) electrons.